The van der Waals surface area contributed by atoms with Crippen LogP contribution in [0.15, 0.2) is 60.7 Å². The molecule has 1 aromatic heterocycles. The van der Waals surface area contributed by atoms with E-state index in [4.69, 9.17) is 26.1 Å². The van der Waals surface area contributed by atoms with Crippen LogP contribution in [0.5, 0.6) is 11.5 Å². The first-order valence-corrected chi connectivity index (χ1v) is 8.93. The fourth-order valence-corrected chi connectivity index (χ4v) is 3.46. The van der Waals surface area contributed by atoms with Crippen LogP contribution in [-0.4, -0.2) is 26.3 Å². The summed E-state index contributed by atoms with van der Waals surface area (Å²) in [5.41, 5.74) is 3.84. The lowest BCUT2D eigenvalue weighted by Gasteiger charge is -2.24. The van der Waals surface area contributed by atoms with E-state index < -0.39 is 0 Å². The van der Waals surface area contributed by atoms with E-state index in [0.29, 0.717) is 5.02 Å². The van der Waals surface area contributed by atoms with Gasteiger partial charge < -0.3 is 14.4 Å². The predicted octanol–water partition coefficient (Wildman–Crippen LogP) is 5.83. The summed E-state index contributed by atoms with van der Waals surface area (Å²) in [6, 6.07) is 19.7. The van der Waals surface area contributed by atoms with Crippen LogP contribution in [0.4, 0.5) is 11.4 Å². The van der Waals surface area contributed by atoms with E-state index in [0.717, 1.165) is 44.7 Å². The number of nitrogens with zero attached hydrogens (tertiary/aromatic N) is 2. The molecule has 0 unspecified atom stereocenters. The van der Waals surface area contributed by atoms with Crippen molar-refractivity contribution in [3.63, 3.8) is 0 Å². The minimum Gasteiger partial charge on any atom is -0.497 e. The molecule has 0 N–H and O–H groups in total. The molecule has 5 heteroatoms. The molecule has 0 fully saturated rings. The zero-order valence-corrected chi connectivity index (χ0v) is 16.1. The number of hydrogen-bond acceptors (Lipinski definition) is 4. The van der Waals surface area contributed by atoms with Gasteiger partial charge in [-0.05, 0) is 60.7 Å². The molecule has 3 aromatic carbocycles. The molecule has 136 valence electrons. The van der Waals surface area contributed by atoms with Crippen LogP contribution in [0.1, 0.15) is 0 Å². The molecule has 0 saturated carbocycles. The normalized spacial score (nSPS) is 11.0. The van der Waals surface area contributed by atoms with Crippen LogP contribution in [0, 0.1) is 0 Å². The van der Waals surface area contributed by atoms with Gasteiger partial charge in [-0.25, -0.2) is 4.98 Å². The Morgan fingerprint density at radius 3 is 2.19 bits per heavy atom. The molecule has 0 spiro atoms. The van der Waals surface area contributed by atoms with E-state index in [9.17, 15) is 0 Å². The zero-order valence-electron chi connectivity index (χ0n) is 15.4. The number of anilines is 2. The molecule has 0 bridgehead atoms. The Morgan fingerprint density at radius 1 is 0.778 bits per heavy atom. The van der Waals surface area contributed by atoms with Crippen LogP contribution in [0.2, 0.25) is 5.02 Å². The van der Waals surface area contributed by atoms with E-state index in [1.165, 1.54) is 0 Å². The summed E-state index contributed by atoms with van der Waals surface area (Å²) >= 11 is 6.21. The van der Waals surface area contributed by atoms with Gasteiger partial charge in [0.1, 0.15) is 11.5 Å². The number of rotatable bonds is 4. The van der Waals surface area contributed by atoms with E-state index in [1.54, 1.807) is 14.2 Å². The third-order valence-corrected chi connectivity index (χ3v) is 4.94. The van der Waals surface area contributed by atoms with E-state index >= 15 is 0 Å². The SMILES string of the molecule is COc1ccc(N(C)c2c3ccc(Cl)cc3nc3ccc(OC)cc23)cc1. The van der Waals surface area contributed by atoms with Crippen molar-refractivity contribution in [2.45, 2.75) is 0 Å². The van der Waals surface area contributed by atoms with Crippen molar-refractivity contribution in [2.75, 3.05) is 26.2 Å². The number of hydrogen-bond donors (Lipinski definition) is 0. The maximum absolute atomic E-state index is 6.21. The second-order valence-electron chi connectivity index (χ2n) is 6.26. The molecule has 0 atom stereocenters. The van der Waals surface area contributed by atoms with Gasteiger partial charge in [-0.3, -0.25) is 0 Å². The molecule has 1 heterocycles. The molecular weight excluding hydrogens is 360 g/mol. The predicted molar refractivity (Wildman–Crippen MR) is 112 cm³/mol. The van der Waals surface area contributed by atoms with Crippen molar-refractivity contribution in [3.05, 3.63) is 65.7 Å². The Morgan fingerprint density at radius 2 is 1.48 bits per heavy atom. The van der Waals surface area contributed by atoms with E-state index in [2.05, 4.69) is 4.90 Å². The van der Waals surface area contributed by atoms with Crippen LogP contribution in [-0.2, 0) is 0 Å². The lowest BCUT2D eigenvalue weighted by atomic mass is 10.1. The molecule has 0 aliphatic rings. The van der Waals surface area contributed by atoms with Crippen molar-refractivity contribution in [3.8, 4) is 11.5 Å². The first-order valence-electron chi connectivity index (χ1n) is 8.55. The topological polar surface area (TPSA) is 34.6 Å². The number of aromatic nitrogens is 1. The Kier molecular flexibility index (Phi) is 4.50. The van der Waals surface area contributed by atoms with E-state index in [-0.39, 0.29) is 0 Å². The molecular formula is C22H19ClN2O2. The van der Waals surface area contributed by atoms with Crippen LogP contribution in [0.3, 0.4) is 0 Å². The lowest BCUT2D eigenvalue weighted by Crippen LogP contribution is -2.11. The first-order chi connectivity index (χ1) is 13.1. The molecule has 0 amide bonds. The molecule has 0 aliphatic heterocycles. The van der Waals surface area contributed by atoms with Crippen LogP contribution >= 0.6 is 11.6 Å². The number of fused-ring (bicyclic) bond motifs is 2. The number of benzene rings is 3. The molecule has 4 rings (SSSR count). The highest BCUT2D eigenvalue weighted by molar-refractivity contribution is 6.31. The second-order valence-corrected chi connectivity index (χ2v) is 6.70. The highest BCUT2D eigenvalue weighted by Crippen LogP contribution is 2.39. The van der Waals surface area contributed by atoms with Crippen LogP contribution < -0.4 is 14.4 Å². The summed E-state index contributed by atoms with van der Waals surface area (Å²) in [7, 11) is 5.38. The summed E-state index contributed by atoms with van der Waals surface area (Å²) in [6.07, 6.45) is 0. The van der Waals surface area contributed by atoms with Crippen molar-refractivity contribution >= 4 is 44.8 Å². The third kappa shape index (κ3) is 3.13. The van der Waals surface area contributed by atoms with Crippen LogP contribution in [0.25, 0.3) is 21.8 Å². The average Bonchev–Trinajstić information content (AvgIpc) is 2.71. The van der Waals surface area contributed by atoms with Gasteiger partial charge in [0.05, 0.1) is 30.9 Å². The Labute approximate surface area is 162 Å². The molecule has 4 aromatic rings. The van der Waals surface area contributed by atoms with Crippen molar-refractivity contribution in [1.29, 1.82) is 0 Å². The van der Waals surface area contributed by atoms with Gasteiger partial charge in [-0.1, -0.05) is 11.6 Å². The smallest absolute Gasteiger partial charge is 0.119 e. The first kappa shape index (κ1) is 17.4. The fraction of sp³-hybridized carbons (Fsp3) is 0.136. The standard InChI is InChI=1S/C22H19ClN2O2/c1-25(15-5-7-16(26-2)8-6-15)22-18-10-4-14(23)12-21(18)24-20-11-9-17(27-3)13-19(20)22/h4-13H,1-3H3. The average molecular weight is 379 g/mol. The Bertz CT molecular complexity index is 1130. The summed E-state index contributed by atoms with van der Waals surface area (Å²) in [5, 5.41) is 2.71. The zero-order chi connectivity index (χ0) is 19.0. The second kappa shape index (κ2) is 6.97. The maximum atomic E-state index is 6.21. The number of pyridine rings is 1. The van der Waals surface area contributed by atoms with Gasteiger partial charge in [0.15, 0.2) is 0 Å². The van der Waals surface area contributed by atoms with Gasteiger partial charge in [0.25, 0.3) is 0 Å². The van der Waals surface area contributed by atoms with Crippen molar-refractivity contribution < 1.29 is 9.47 Å². The summed E-state index contributed by atoms with van der Waals surface area (Å²) in [4.78, 5) is 6.94. The fourth-order valence-electron chi connectivity index (χ4n) is 3.30. The van der Waals surface area contributed by atoms with Gasteiger partial charge in [-0.15, -0.1) is 0 Å². The van der Waals surface area contributed by atoms with E-state index in [1.807, 2.05) is 67.7 Å². The highest BCUT2D eigenvalue weighted by Gasteiger charge is 2.15. The molecule has 4 nitrogen and oxygen atoms in total. The Balaban J connectivity index is 2.01. The molecule has 0 aliphatic carbocycles. The van der Waals surface area contributed by atoms with Gasteiger partial charge in [0, 0.05) is 28.5 Å². The monoisotopic (exact) mass is 378 g/mol. The highest BCUT2D eigenvalue weighted by atomic mass is 35.5. The summed E-state index contributed by atoms with van der Waals surface area (Å²) in [6.45, 7) is 0. The third-order valence-electron chi connectivity index (χ3n) is 4.71. The quantitative estimate of drug-likeness (QED) is 0.419. The minimum absolute atomic E-state index is 0.668. The molecule has 0 radical (unpaired) electrons. The van der Waals surface area contributed by atoms with Gasteiger partial charge >= 0.3 is 0 Å². The van der Waals surface area contributed by atoms with Gasteiger partial charge in [0.2, 0.25) is 0 Å². The molecule has 27 heavy (non-hydrogen) atoms. The summed E-state index contributed by atoms with van der Waals surface area (Å²) < 4.78 is 10.7. The number of halogens is 1. The number of methoxy groups -OCH3 is 2. The van der Waals surface area contributed by atoms with Crippen molar-refractivity contribution in [1.82, 2.24) is 4.98 Å². The Hall–Kier alpha value is -2.98. The minimum atomic E-state index is 0.668. The number of ether oxygens (including phenoxy) is 2. The largest absolute Gasteiger partial charge is 0.497 e. The lowest BCUT2D eigenvalue weighted by molar-refractivity contribution is 0.415. The molecule has 0 saturated heterocycles. The summed E-state index contributed by atoms with van der Waals surface area (Å²) in [5.74, 6) is 1.62. The van der Waals surface area contributed by atoms with Crippen molar-refractivity contribution in [2.24, 2.45) is 0 Å². The van der Waals surface area contributed by atoms with Gasteiger partial charge in [-0.2, -0.15) is 0 Å². The maximum Gasteiger partial charge on any atom is 0.119 e.